The molecule has 0 amide bonds. The molecule has 1 N–H and O–H groups in total. The van der Waals surface area contributed by atoms with Crippen LogP contribution < -0.4 is 5.32 Å². The lowest BCUT2D eigenvalue weighted by Crippen LogP contribution is -2.25. The monoisotopic (exact) mass is 290 g/mol. The van der Waals surface area contributed by atoms with Crippen LogP contribution in [0.2, 0.25) is 0 Å². The number of hydrogen-bond donors (Lipinski definition) is 1. The number of hydrogen-bond acceptors (Lipinski definition) is 5. The zero-order valence-electron chi connectivity index (χ0n) is 12.8. The molecule has 0 aliphatic carbocycles. The van der Waals surface area contributed by atoms with E-state index >= 15 is 0 Å². The fourth-order valence-electron chi connectivity index (χ4n) is 3.07. The van der Waals surface area contributed by atoms with Crippen LogP contribution in [0.3, 0.4) is 0 Å². The molecule has 2 atom stereocenters. The highest BCUT2D eigenvalue weighted by Gasteiger charge is 2.33. The van der Waals surface area contributed by atoms with Gasteiger partial charge >= 0.3 is 0 Å². The number of aromatic nitrogens is 3. The number of aryl methyl sites for hydroxylation is 2. The molecule has 1 saturated heterocycles. The van der Waals surface area contributed by atoms with E-state index in [1.807, 2.05) is 11.7 Å². The van der Waals surface area contributed by atoms with Crippen molar-refractivity contribution >= 4 is 0 Å². The quantitative estimate of drug-likeness (QED) is 0.911. The van der Waals surface area contributed by atoms with Crippen LogP contribution in [0.4, 0.5) is 0 Å². The van der Waals surface area contributed by atoms with Crippen molar-refractivity contribution in [3.8, 4) is 0 Å². The van der Waals surface area contributed by atoms with Gasteiger partial charge in [-0.1, -0.05) is 0 Å². The van der Waals surface area contributed by atoms with Crippen LogP contribution in [0.1, 0.15) is 35.2 Å². The lowest BCUT2D eigenvalue weighted by Gasteiger charge is -2.19. The molecular weight excluding hydrogens is 268 g/mol. The van der Waals surface area contributed by atoms with Crippen molar-refractivity contribution in [3.63, 3.8) is 0 Å². The van der Waals surface area contributed by atoms with Crippen LogP contribution in [0.5, 0.6) is 0 Å². The van der Waals surface area contributed by atoms with Gasteiger partial charge in [-0.2, -0.15) is 5.10 Å². The topological polar surface area (TPSA) is 65.1 Å². The molecule has 0 saturated carbocycles. The lowest BCUT2D eigenvalue weighted by molar-refractivity contribution is 0.0893. The predicted molar refractivity (Wildman–Crippen MR) is 77.7 cm³/mol. The molecule has 3 heterocycles. The second-order valence-electron chi connectivity index (χ2n) is 5.66. The molecule has 1 aliphatic heterocycles. The third kappa shape index (κ3) is 2.87. The molecule has 1 fully saturated rings. The van der Waals surface area contributed by atoms with E-state index in [2.05, 4.69) is 29.2 Å². The molecule has 21 heavy (non-hydrogen) atoms. The summed E-state index contributed by atoms with van der Waals surface area (Å²) in [5, 5.41) is 7.95. The van der Waals surface area contributed by atoms with E-state index < -0.39 is 0 Å². The van der Waals surface area contributed by atoms with Gasteiger partial charge in [0.25, 0.3) is 0 Å². The van der Waals surface area contributed by atoms with Crippen molar-refractivity contribution in [3.05, 3.63) is 35.3 Å². The van der Waals surface area contributed by atoms with Crippen molar-refractivity contribution in [2.45, 2.75) is 32.9 Å². The van der Waals surface area contributed by atoms with Gasteiger partial charge in [0.05, 0.1) is 17.5 Å². The highest BCUT2D eigenvalue weighted by Crippen LogP contribution is 2.37. The van der Waals surface area contributed by atoms with Gasteiger partial charge in [-0.15, -0.1) is 0 Å². The molecule has 3 rings (SSSR count). The van der Waals surface area contributed by atoms with E-state index in [-0.39, 0.29) is 6.10 Å². The summed E-state index contributed by atoms with van der Waals surface area (Å²) in [7, 11) is 1.98. The Morgan fingerprint density at radius 1 is 1.43 bits per heavy atom. The fraction of sp³-hybridized carbons (Fsp3) is 0.600. The molecule has 0 aromatic carbocycles. The number of ether oxygens (including phenoxy) is 1. The van der Waals surface area contributed by atoms with Crippen molar-refractivity contribution in [2.24, 2.45) is 13.0 Å². The number of nitrogens with zero attached hydrogens (tertiary/aromatic N) is 3. The zero-order chi connectivity index (χ0) is 14.8. The van der Waals surface area contributed by atoms with E-state index in [1.165, 1.54) is 17.7 Å². The molecule has 0 bridgehead atoms. The van der Waals surface area contributed by atoms with Crippen LogP contribution >= 0.6 is 0 Å². The first-order valence-electron chi connectivity index (χ1n) is 7.36. The normalized spacial score (nSPS) is 22.0. The third-order valence-electron chi connectivity index (χ3n) is 4.26. The fourth-order valence-corrected chi connectivity index (χ4v) is 3.07. The highest BCUT2D eigenvalue weighted by atomic mass is 16.5. The van der Waals surface area contributed by atoms with Gasteiger partial charge in [0.1, 0.15) is 6.26 Å². The molecule has 2 aromatic rings. The van der Waals surface area contributed by atoms with Gasteiger partial charge in [0.15, 0.2) is 6.39 Å². The van der Waals surface area contributed by atoms with Crippen molar-refractivity contribution < 1.29 is 9.15 Å². The Morgan fingerprint density at radius 3 is 2.95 bits per heavy atom. The van der Waals surface area contributed by atoms with Crippen LogP contribution in [-0.2, 0) is 18.3 Å². The van der Waals surface area contributed by atoms with Gasteiger partial charge < -0.3 is 14.5 Å². The first kappa shape index (κ1) is 14.3. The lowest BCUT2D eigenvalue weighted by atomic mass is 9.94. The summed E-state index contributed by atoms with van der Waals surface area (Å²) in [6.45, 7) is 6.62. The molecule has 6 nitrogen and oxygen atoms in total. The summed E-state index contributed by atoms with van der Waals surface area (Å²) in [5.41, 5.74) is 4.45. The SMILES string of the molecule is Cc1nn(C)c(C)c1[C@H]1OCC[C@@H]1CNCc1cocn1. The Hall–Kier alpha value is -1.66. The minimum atomic E-state index is 0.142. The van der Waals surface area contributed by atoms with E-state index in [0.29, 0.717) is 5.92 Å². The molecule has 0 radical (unpaired) electrons. The summed E-state index contributed by atoms with van der Waals surface area (Å²) in [5.74, 6) is 0.471. The summed E-state index contributed by atoms with van der Waals surface area (Å²) in [4.78, 5) is 4.12. The van der Waals surface area contributed by atoms with Crippen LogP contribution in [0.15, 0.2) is 17.1 Å². The standard InChI is InChI=1S/C15H22N4O2/c1-10-14(11(2)19(3)18-10)15-12(4-5-21-15)6-16-7-13-8-20-9-17-13/h8-9,12,15-16H,4-7H2,1-3H3/t12-,15+/m1/s1. The largest absolute Gasteiger partial charge is 0.451 e. The Kier molecular flexibility index (Phi) is 4.07. The average Bonchev–Trinajstić information content (AvgIpc) is 3.15. The maximum absolute atomic E-state index is 5.99. The van der Waals surface area contributed by atoms with E-state index in [9.17, 15) is 0 Å². The van der Waals surface area contributed by atoms with Gasteiger partial charge in [0.2, 0.25) is 0 Å². The highest BCUT2D eigenvalue weighted by molar-refractivity contribution is 5.28. The van der Waals surface area contributed by atoms with Crippen molar-refractivity contribution in [2.75, 3.05) is 13.2 Å². The summed E-state index contributed by atoms with van der Waals surface area (Å²) < 4.78 is 12.9. The first-order chi connectivity index (χ1) is 10.2. The Morgan fingerprint density at radius 2 is 2.29 bits per heavy atom. The molecule has 2 aromatic heterocycles. The van der Waals surface area contributed by atoms with Gasteiger partial charge in [-0.3, -0.25) is 4.68 Å². The van der Waals surface area contributed by atoms with E-state index in [0.717, 1.165) is 37.5 Å². The van der Waals surface area contributed by atoms with Crippen molar-refractivity contribution in [1.29, 1.82) is 0 Å². The second-order valence-corrected chi connectivity index (χ2v) is 5.66. The average molecular weight is 290 g/mol. The predicted octanol–water partition coefficient (Wildman–Crippen LogP) is 1.89. The summed E-state index contributed by atoms with van der Waals surface area (Å²) >= 11 is 0. The maximum Gasteiger partial charge on any atom is 0.180 e. The Bertz CT molecular complexity index is 591. The summed E-state index contributed by atoms with van der Waals surface area (Å²) in [6.07, 6.45) is 4.35. The van der Waals surface area contributed by atoms with E-state index in [4.69, 9.17) is 9.15 Å². The number of nitrogens with one attached hydrogen (secondary N) is 1. The smallest absolute Gasteiger partial charge is 0.180 e. The maximum atomic E-state index is 5.99. The zero-order valence-corrected chi connectivity index (χ0v) is 12.8. The Balaban J connectivity index is 1.65. The van der Waals surface area contributed by atoms with Crippen LogP contribution in [0, 0.1) is 19.8 Å². The van der Waals surface area contributed by atoms with Crippen LogP contribution in [-0.4, -0.2) is 27.9 Å². The third-order valence-corrected chi connectivity index (χ3v) is 4.26. The van der Waals surface area contributed by atoms with Gasteiger partial charge in [-0.05, 0) is 20.3 Å². The Labute approximate surface area is 124 Å². The van der Waals surface area contributed by atoms with Crippen molar-refractivity contribution in [1.82, 2.24) is 20.1 Å². The summed E-state index contributed by atoms with van der Waals surface area (Å²) in [6, 6.07) is 0. The molecule has 114 valence electrons. The minimum Gasteiger partial charge on any atom is -0.451 e. The first-order valence-corrected chi connectivity index (χ1v) is 7.36. The molecular formula is C15H22N4O2. The molecule has 0 unspecified atom stereocenters. The minimum absolute atomic E-state index is 0.142. The van der Waals surface area contributed by atoms with Gasteiger partial charge in [0, 0.05) is 43.9 Å². The number of oxazole rings is 1. The second kappa shape index (κ2) is 5.99. The molecule has 0 spiro atoms. The van der Waals surface area contributed by atoms with E-state index in [1.54, 1.807) is 6.26 Å². The molecule has 6 heteroatoms. The number of rotatable bonds is 5. The molecule has 1 aliphatic rings. The van der Waals surface area contributed by atoms with Crippen LogP contribution in [0.25, 0.3) is 0 Å². The van der Waals surface area contributed by atoms with Gasteiger partial charge in [-0.25, -0.2) is 4.98 Å².